The molecule has 6 heteroatoms. The van der Waals surface area contributed by atoms with E-state index in [1.165, 1.54) is 0 Å². The molecule has 0 radical (unpaired) electrons. The second-order valence-electron chi connectivity index (χ2n) is 5.88. The number of carbonyl (C=O) groups excluding carboxylic acids is 1. The molecule has 3 aromatic carbocycles. The molecule has 0 fully saturated rings. The number of carbonyl (C=O) groups is 1. The van der Waals surface area contributed by atoms with Crippen molar-refractivity contribution in [3.63, 3.8) is 0 Å². The average Bonchev–Trinajstić information content (AvgIpc) is 3.13. The summed E-state index contributed by atoms with van der Waals surface area (Å²) in [6.07, 6.45) is 0. The van der Waals surface area contributed by atoms with Crippen molar-refractivity contribution in [2.75, 3.05) is 17.7 Å². The van der Waals surface area contributed by atoms with Gasteiger partial charge < -0.3 is 19.8 Å². The number of fused-ring (bicyclic) bond motifs is 1. The van der Waals surface area contributed by atoms with Gasteiger partial charge in [0.15, 0.2) is 5.58 Å². The van der Waals surface area contributed by atoms with Crippen LogP contribution in [0.15, 0.2) is 77.2 Å². The van der Waals surface area contributed by atoms with Gasteiger partial charge in [-0.25, -0.2) is 9.78 Å². The first-order valence-corrected chi connectivity index (χ1v) is 8.39. The van der Waals surface area contributed by atoms with Gasteiger partial charge in [0, 0.05) is 16.9 Å². The van der Waals surface area contributed by atoms with Crippen molar-refractivity contribution in [3.8, 4) is 17.2 Å². The molecule has 134 valence electrons. The Kier molecular flexibility index (Phi) is 4.45. The summed E-state index contributed by atoms with van der Waals surface area (Å²) in [5.41, 5.74) is 3.61. The van der Waals surface area contributed by atoms with E-state index in [0.717, 1.165) is 22.4 Å². The van der Waals surface area contributed by atoms with E-state index in [-0.39, 0.29) is 6.03 Å². The van der Waals surface area contributed by atoms with Crippen LogP contribution >= 0.6 is 0 Å². The summed E-state index contributed by atoms with van der Waals surface area (Å²) in [6.45, 7) is 0. The van der Waals surface area contributed by atoms with Crippen LogP contribution in [0.2, 0.25) is 0 Å². The lowest BCUT2D eigenvalue weighted by atomic mass is 10.2. The van der Waals surface area contributed by atoms with Gasteiger partial charge in [0.05, 0.1) is 7.11 Å². The Morgan fingerprint density at radius 2 is 1.70 bits per heavy atom. The molecule has 4 aromatic rings. The van der Waals surface area contributed by atoms with E-state index in [0.29, 0.717) is 17.3 Å². The zero-order valence-corrected chi connectivity index (χ0v) is 14.6. The number of nitrogens with one attached hydrogen (secondary N) is 2. The van der Waals surface area contributed by atoms with E-state index in [1.807, 2.05) is 42.5 Å². The molecule has 1 aromatic heterocycles. The molecule has 2 N–H and O–H groups in total. The number of aromatic nitrogens is 1. The first-order valence-electron chi connectivity index (χ1n) is 8.39. The van der Waals surface area contributed by atoms with Crippen LogP contribution in [0.1, 0.15) is 0 Å². The van der Waals surface area contributed by atoms with Crippen LogP contribution in [0, 0.1) is 0 Å². The van der Waals surface area contributed by atoms with Crippen LogP contribution < -0.4 is 15.4 Å². The molecule has 0 spiro atoms. The number of para-hydroxylation sites is 2. The van der Waals surface area contributed by atoms with Gasteiger partial charge in [-0.15, -0.1) is 0 Å². The molecule has 0 unspecified atom stereocenters. The van der Waals surface area contributed by atoms with Gasteiger partial charge in [0.1, 0.15) is 11.3 Å². The molecule has 0 atom stereocenters. The predicted molar refractivity (Wildman–Crippen MR) is 105 cm³/mol. The van der Waals surface area contributed by atoms with Gasteiger partial charge in [-0.1, -0.05) is 18.2 Å². The fourth-order valence-electron chi connectivity index (χ4n) is 2.69. The number of anilines is 2. The third-order valence-corrected chi connectivity index (χ3v) is 4.01. The Balaban J connectivity index is 1.49. The van der Waals surface area contributed by atoms with E-state index in [4.69, 9.17) is 9.15 Å². The number of methoxy groups -OCH3 is 1. The van der Waals surface area contributed by atoms with Crippen molar-refractivity contribution >= 4 is 28.5 Å². The molecule has 27 heavy (non-hydrogen) atoms. The maximum absolute atomic E-state index is 12.2. The van der Waals surface area contributed by atoms with Crippen LogP contribution in [0.4, 0.5) is 16.2 Å². The van der Waals surface area contributed by atoms with Crippen LogP contribution in [0.3, 0.4) is 0 Å². The molecule has 0 bridgehead atoms. The van der Waals surface area contributed by atoms with E-state index in [1.54, 1.807) is 37.4 Å². The molecular formula is C21H17N3O3. The highest BCUT2D eigenvalue weighted by Crippen LogP contribution is 2.26. The van der Waals surface area contributed by atoms with Gasteiger partial charge in [-0.05, 0) is 54.6 Å². The van der Waals surface area contributed by atoms with Crippen molar-refractivity contribution in [2.24, 2.45) is 0 Å². The van der Waals surface area contributed by atoms with Gasteiger partial charge >= 0.3 is 6.03 Å². The van der Waals surface area contributed by atoms with Crippen molar-refractivity contribution in [1.29, 1.82) is 0 Å². The Labute approximate surface area is 155 Å². The highest BCUT2D eigenvalue weighted by atomic mass is 16.5. The Hall–Kier alpha value is -3.80. The first kappa shape index (κ1) is 16.7. The number of urea groups is 1. The molecule has 0 aliphatic carbocycles. The first-order chi connectivity index (χ1) is 13.2. The highest BCUT2D eigenvalue weighted by molar-refractivity contribution is 6.00. The second-order valence-corrected chi connectivity index (χ2v) is 5.88. The fourth-order valence-corrected chi connectivity index (χ4v) is 2.69. The minimum Gasteiger partial charge on any atom is -0.497 e. The topological polar surface area (TPSA) is 76.4 Å². The normalized spacial score (nSPS) is 10.6. The molecule has 0 saturated heterocycles. The molecule has 4 rings (SSSR count). The number of rotatable bonds is 4. The number of ether oxygens (including phenoxy) is 1. The zero-order chi connectivity index (χ0) is 18.6. The lowest BCUT2D eigenvalue weighted by Gasteiger charge is -2.09. The van der Waals surface area contributed by atoms with E-state index < -0.39 is 0 Å². The highest BCUT2D eigenvalue weighted by Gasteiger charge is 2.09. The minimum atomic E-state index is -0.338. The number of oxazole rings is 1. The summed E-state index contributed by atoms with van der Waals surface area (Å²) in [4.78, 5) is 16.7. The summed E-state index contributed by atoms with van der Waals surface area (Å²) in [5.74, 6) is 1.24. The summed E-state index contributed by atoms with van der Waals surface area (Å²) >= 11 is 0. The summed E-state index contributed by atoms with van der Waals surface area (Å²) < 4.78 is 10.9. The third-order valence-electron chi connectivity index (χ3n) is 4.01. The fraction of sp³-hybridized carbons (Fsp3) is 0.0476. The van der Waals surface area contributed by atoms with E-state index in [2.05, 4.69) is 15.6 Å². The molecule has 0 saturated carbocycles. The molecule has 0 aliphatic heterocycles. The smallest absolute Gasteiger partial charge is 0.323 e. The lowest BCUT2D eigenvalue weighted by Crippen LogP contribution is -2.19. The number of benzene rings is 3. The summed E-state index contributed by atoms with van der Waals surface area (Å²) in [6, 6.07) is 21.7. The van der Waals surface area contributed by atoms with Crippen LogP contribution in [-0.4, -0.2) is 18.1 Å². The maximum atomic E-state index is 12.2. The monoisotopic (exact) mass is 359 g/mol. The molecule has 0 aliphatic rings. The number of nitrogens with zero attached hydrogens (tertiary/aromatic N) is 1. The summed E-state index contributed by atoms with van der Waals surface area (Å²) in [7, 11) is 1.60. The zero-order valence-electron chi connectivity index (χ0n) is 14.6. The average molecular weight is 359 g/mol. The maximum Gasteiger partial charge on any atom is 0.323 e. The van der Waals surface area contributed by atoms with Crippen LogP contribution in [0.25, 0.3) is 22.6 Å². The van der Waals surface area contributed by atoms with E-state index >= 15 is 0 Å². The number of amides is 2. The standard InChI is InChI=1S/C21H17N3O3/c1-26-17-11-9-15(10-12-17)22-21(25)23-16-6-4-5-14(13-16)20-24-18-7-2-3-8-19(18)27-20/h2-13H,1H3,(H2,22,23,25). The molecule has 1 heterocycles. The van der Waals surface area contributed by atoms with Crippen molar-refractivity contribution in [3.05, 3.63) is 72.8 Å². The second kappa shape index (κ2) is 7.21. The Morgan fingerprint density at radius 3 is 2.48 bits per heavy atom. The van der Waals surface area contributed by atoms with Gasteiger partial charge in [-0.2, -0.15) is 0 Å². The van der Waals surface area contributed by atoms with Crippen molar-refractivity contribution in [1.82, 2.24) is 4.98 Å². The quantitative estimate of drug-likeness (QED) is 0.528. The third kappa shape index (κ3) is 3.74. The summed E-state index contributed by atoms with van der Waals surface area (Å²) in [5, 5.41) is 5.59. The largest absolute Gasteiger partial charge is 0.497 e. The van der Waals surface area contributed by atoms with E-state index in [9.17, 15) is 4.79 Å². The lowest BCUT2D eigenvalue weighted by molar-refractivity contribution is 0.262. The molecule has 2 amide bonds. The van der Waals surface area contributed by atoms with Crippen molar-refractivity contribution < 1.29 is 13.9 Å². The van der Waals surface area contributed by atoms with Gasteiger partial charge in [0.2, 0.25) is 5.89 Å². The Bertz CT molecular complexity index is 1050. The predicted octanol–water partition coefficient (Wildman–Crippen LogP) is 5.15. The van der Waals surface area contributed by atoms with Gasteiger partial charge in [-0.3, -0.25) is 0 Å². The number of hydrogen-bond donors (Lipinski definition) is 2. The molecular weight excluding hydrogens is 342 g/mol. The van der Waals surface area contributed by atoms with Crippen LogP contribution in [0.5, 0.6) is 5.75 Å². The minimum absolute atomic E-state index is 0.338. The number of hydrogen-bond acceptors (Lipinski definition) is 4. The SMILES string of the molecule is COc1ccc(NC(=O)Nc2cccc(-c3nc4ccccc4o3)c2)cc1. The Morgan fingerprint density at radius 1 is 0.926 bits per heavy atom. The van der Waals surface area contributed by atoms with Gasteiger partial charge in [0.25, 0.3) is 0 Å². The molecule has 6 nitrogen and oxygen atoms in total. The van der Waals surface area contributed by atoms with Crippen LogP contribution in [-0.2, 0) is 0 Å². The van der Waals surface area contributed by atoms with Crippen molar-refractivity contribution in [2.45, 2.75) is 0 Å².